The molecule has 0 aromatic heterocycles. The maximum absolute atomic E-state index is 12.5. The van der Waals surface area contributed by atoms with Gasteiger partial charge in [0.05, 0.1) is 6.10 Å². The number of aliphatic hydroxyl groups excluding tert-OH is 1. The van der Waals surface area contributed by atoms with Gasteiger partial charge < -0.3 is 10.8 Å². The second-order valence-corrected chi connectivity index (χ2v) is 9.11. The molecule has 4 aliphatic rings. The standard InChI is InChI=1S/C21H31NO3/c1-20-9-7-17-15(16(20)4-5-18(20)24)3-2-13-12-14(23)6-10-21(13,17)19(25)8-11-22/h2,15-17,19,25H,3-12,22H2,1H3/t15-,16-,17-,19?,20-,21?/m0/s1. The van der Waals surface area contributed by atoms with Gasteiger partial charge in [-0.2, -0.15) is 0 Å². The number of hydrogen-bond acceptors (Lipinski definition) is 4. The van der Waals surface area contributed by atoms with Crippen LogP contribution in [0, 0.1) is 28.6 Å². The van der Waals surface area contributed by atoms with Gasteiger partial charge >= 0.3 is 0 Å². The molecule has 6 atom stereocenters. The molecule has 0 saturated heterocycles. The fraction of sp³-hybridized carbons (Fsp3) is 0.810. The summed E-state index contributed by atoms with van der Waals surface area (Å²) in [5.74, 6) is 2.05. The Morgan fingerprint density at radius 2 is 2.04 bits per heavy atom. The minimum absolute atomic E-state index is 0.156. The fourth-order valence-corrected chi connectivity index (χ4v) is 7.01. The molecule has 3 fully saturated rings. The van der Waals surface area contributed by atoms with Crippen LogP contribution in [0.1, 0.15) is 64.7 Å². The van der Waals surface area contributed by atoms with Crippen molar-refractivity contribution in [1.82, 2.24) is 0 Å². The number of carbonyl (C=O) groups is 2. The summed E-state index contributed by atoms with van der Waals surface area (Å²) in [5.41, 5.74) is 6.53. The molecule has 0 bridgehead atoms. The molecule has 2 unspecified atom stereocenters. The highest BCUT2D eigenvalue weighted by atomic mass is 16.3. The van der Waals surface area contributed by atoms with Crippen molar-refractivity contribution in [3.05, 3.63) is 11.6 Å². The Kier molecular flexibility index (Phi) is 4.19. The van der Waals surface area contributed by atoms with E-state index < -0.39 is 6.10 Å². The Balaban J connectivity index is 1.75. The van der Waals surface area contributed by atoms with E-state index in [1.54, 1.807) is 0 Å². The number of fused-ring (bicyclic) bond motifs is 5. The number of hydrogen-bond donors (Lipinski definition) is 2. The van der Waals surface area contributed by atoms with Crippen LogP contribution in [0.25, 0.3) is 0 Å². The first-order valence-corrected chi connectivity index (χ1v) is 10.1. The molecule has 0 radical (unpaired) electrons. The van der Waals surface area contributed by atoms with Gasteiger partial charge in [-0.05, 0) is 62.8 Å². The number of allylic oxidation sites excluding steroid dienone is 1. The van der Waals surface area contributed by atoms with Gasteiger partial charge in [0.15, 0.2) is 0 Å². The van der Waals surface area contributed by atoms with Gasteiger partial charge in [0, 0.05) is 30.1 Å². The van der Waals surface area contributed by atoms with E-state index >= 15 is 0 Å². The molecule has 0 aromatic rings. The van der Waals surface area contributed by atoms with Crippen LogP contribution in [-0.2, 0) is 9.59 Å². The van der Waals surface area contributed by atoms with Crippen LogP contribution in [0.15, 0.2) is 11.6 Å². The third-order valence-corrected chi connectivity index (χ3v) is 8.28. The molecule has 4 nitrogen and oxygen atoms in total. The molecule has 4 aliphatic carbocycles. The minimum Gasteiger partial charge on any atom is -0.392 e. The monoisotopic (exact) mass is 345 g/mol. The zero-order chi connectivity index (χ0) is 17.8. The highest BCUT2D eigenvalue weighted by Gasteiger charge is 2.61. The van der Waals surface area contributed by atoms with Crippen molar-refractivity contribution in [2.45, 2.75) is 70.8 Å². The number of nitrogens with two attached hydrogens (primary N) is 1. The zero-order valence-corrected chi connectivity index (χ0v) is 15.3. The SMILES string of the molecule is C[C@]12CC[C@H]3[C@@H](CC=C4CC(=O)CCC43C(O)CCN)[C@@H]1CCC2=O. The van der Waals surface area contributed by atoms with Gasteiger partial charge in [-0.25, -0.2) is 0 Å². The van der Waals surface area contributed by atoms with Gasteiger partial charge in [-0.3, -0.25) is 9.59 Å². The Hall–Kier alpha value is -1.00. The van der Waals surface area contributed by atoms with E-state index in [4.69, 9.17) is 5.73 Å². The molecule has 0 aromatic carbocycles. The zero-order valence-electron chi connectivity index (χ0n) is 15.3. The molecule has 0 heterocycles. The third kappa shape index (κ3) is 2.33. The summed E-state index contributed by atoms with van der Waals surface area (Å²) >= 11 is 0. The lowest BCUT2D eigenvalue weighted by Crippen LogP contribution is -2.56. The number of ketones is 2. The second-order valence-electron chi connectivity index (χ2n) is 9.11. The van der Waals surface area contributed by atoms with Crippen molar-refractivity contribution < 1.29 is 14.7 Å². The molecule has 0 aliphatic heterocycles. The maximum atomic E-state index is 12.5. The van der Waals surface area contributed by atoms with Crippen LogP contribution in [0.2, 0.25) is 0 Å². The number of Topliss-reactive ketones (excluding diaryl/α,β-unsaturated/α-hetero) is 2. The molecule has 0 amide bonds. The average Bonchev–Trinajstić information content (AvgIpc) is 2.90. The van der Waals surface area contributed by atoms with Crippen molar-refractivity contribution in [2.24, 2.45) is 34.3 Å². The average molecular weight is 345 g/mol. The van der Waals surface area contributed by atoms with E-state index in [0.29, 0.717) is 55.1 Å². The molecule has 3 N–H and O–H groups in total. The molecule has 25 heavy (non-hydrogen) atoms. The fourth-order valence-electron chi connectivity index (χ4n) is 7.01. The van der Waals surface area contributed by atoms with E-state index in [2.05, 4.69) is 13.0 Å². The maximum Gasteiger partial charge on any atom is 0.139 e. The summed E-state index contributed by atoms with van der Waals surface area (Å²) in [6.45, 7) is 2.65. The van der Waals surface area contributed by atoms with E-state index in [0.717, 1.165) is 38.5 Å². The Bertz CT molecular complexity index is 627. The quantitative estimate of drug-likeness (QED) is 0.771. The number of carbonyl (C=O) groups excluding carboxylic acids is 2. The van der Waals surface area contributed by atoms with Crippen LogP contribution in [0.5, 0.6) is 0 Å². The second kappa shape index (κ2) is 6.02. The molecular formula is C21H31NO3. The summed E-state index contributed by atoms with van der Waals surface area (Å²) in [6, 6.07) is 0. The molecule has 0 spiro atoms. The van der Waals surface area contributed by atoms with Crippen LogP contribution < -0.4 is 5.73 Å². The first-order valence-electron chi connectivity index (χ1n) is 10.1. The van der Waals surface area contributed by atoms with Crippen LogP contribution >= 0.6 is 0 Å². The minimum atomic E-state index is -0.467. The lowest BCUT2D eigenvalue weighted by Gasteiger charge is -2.58. The van der Waals surface area contributed by atoms with Crippen LogP contribution in [0.3, 0.4) is 0 Å². The van der Waals surface area contributed by atoms with E-state index in [-0.39, 0.29) is 10.8 Å². The van der Waals surface area contributed by atoms with E-state index in [9.17, 15) is 14.7 Å². The van der Waals surface area contributed by atoms with Gasteiger partial charge in [0.25, 0.3) is 0 Å². The Morgan fingerprint density at radius 1 is 1.24 bits per heavy atom. The lowest BCUT2D eigenvalue weighted by molar-refractivity contribution is -0.137. The van der Waals surface area contributed by atoms with Gasteiger partial charge in [0.2, 0.25) is 0 Å². The largest absolute Gasteiger partial charge is 0.392 e. The molecule has 138 valence electrons. The van der Waals surface area contributed by atoms with Crippen LogP contribution in [-0.4, -0.2) is 29.3 Å². The normalized spacial score (nSPS) is 44.6. The third-order valence-electron chi connectivity index (χ3n) is 8.28. The predicted molar refractivity (Wildman–Crippen MR) is 95.7 cm³/mol. The molecule has 4 rings (SSSR count). The summed E-state index contributed by atoms with van der Waals surface area (Å²) in [4.78, 5) is 24.6. The summed E-state index contributed by atoms with van der Waals surface area (Å²) in [6.07, 6.45) is 8.85. The Morgan fingerprint density at radius 3 is 2.80 bits per heavy atom. The first-order chi connectivity index (χ1) is 11.9. The number of aliphatic hydroxyl groups is 1. The van der Waals surface area contributed by atoms with Crippen molar-refractivity contribution in [3.8, 4) is 0 Å². The Labute approximate surface area is 150 Å². The lowest BCUT2D eigenvalue weighted by atomic mass is 9.46. The smallest absolute Gasteiger partial charge is 0.139 e. The van der Waals surface area contributed by atoms with Gasteiger partial charge in [-0.1, -0.05) is 18.6 Å². The summed E-state index contributed by atoms with van der Waals surface area (Å²) in [7, 11) is 0. The summed E-state index contributed by atoms with van der Waals surface area (Å²) < 4.78 is 0. The summed E-state index contributed by atoms with van der Waals surface area (Å²) in [5, 5.41) is 11.1. The predicted octanol–water partition coefficient (Wildman–Crippen LogP) is 2.78. The van der Waals surface area contributed by atoms with Crippen molar-refractivity contribution in [2.75, 3.05) is 6.54 Å². The number of rotatable bonds is 3. The van der Waals surface area contributed by atoms with Gasteiger partial charge in [0.1, 0.15) is 11.6 Å². The first kappa shape index (κ1) is 17.4. The topological polar surface area (TPSA) is 80.4 Å². The highest BCUT2D eigenvalue weighted by Crippen LogP contribution is 2.65. The molecule has 3 saturated carbocycles. The highest BCUT2D eigenvalue weighted by molar-refractivity contribution is 5.87. The van der Waals surface area contributed by atoms with E-state index in [1.165, 1.54) is 5.57 Å². The molecule has 4 heteroatoms. The van der Waals surface area contributed by atoms with Crippen molar-refractivity contribution in [1.29, 1.82) is 0 Å². The van der Waals surface area contributed by atoms with Gasteiger partial charge in [-0.15, -0.1) is 0 Å². The van der Waals surface area contributed by atoms with Crippen molar-refractivity contribution >= 4 is 11.6 Å². The van der Waals surface area contributed by atoms with Crippen molar-refractivity contribution in [3.63, 3.8) is 0 Å². The molecular weight excluding hydrogens is 314 g/mol. The van der Waals surface area contributed by atoms with E-state index in [1.807, 2.05) is 0 Å². The van der Waals surface area contributed by atoms with Crippen LogP contribution in [0.4, 0.5) is 0 Å².